The van der Waals surface area contributed by atoms with E-state index in [1.807, 2.05) is 0 Å². The Bertz CT molecular complexity index is 2660. The van der Waals surface area contributed by atoms with Crippen molar-refractivity contribution in [2.24, 2.45) is 4.99 Å². The fraction of sp³-hybridized carbons (Fsp3) is 0.275. The summed E-state index contributed by atoms with van der Waals surface area (Å²) in [5, 5.41) is 5.42. The summed E-state index contributed by atoms with van der Waals surface area (Å²) >= 11 is 2.83. The van der Waals surface area contributed by atoms with E-state index in [1.165, 1.54) is 83.1 Å². The van der Waals surface area contributed by atoms with Gasteiger partial charge in [-0.25, -0.2) is 9.78 Å². The van der Waals surface area contributed by atoms with E-state index >= 15 is 0 Å². The normalized spacial score (nSPS) is 13.5. The van der Waals surface area contributed by atoms with E-state index in [9.17, 15) is 24.0 Å². The van der Waals surface area contributed by atoms with Gasteiger partial charge in [0, 0.05) is 25.7 Å². The Balaban J connectivity index is 1.04. The molecule has 1 atom stereocenters. The molecule has 0 bridgehead atoms. The molecule has 14 nitrogen and oxygen atoms in total. The van der Waals surface area contributed by atoms with E-state index in [1.54, 1.807) is 30.1 Å². The van der Waals surface area contributed by atoms with Crippen LogP contribution >= 0.6 is 30.4 Å². The smallest absolute Gasteiger partial charge is 0.259 e. The Labute approximate surface area is 403 Å². The van der Waals surface area contributed by atoms with Crippen molar-refractivity contribution in [3.05, 3.63) is 132 Å². The Kier molecular flexibility index (Phi) is 17.0. The van der Waals surface area contributed by atoms with E-state index in [4.69, 9.17) is 28.7 Å². The van der Waals surface area contributed by atoms with Crippen molar-refractivity contribution in [1.82, 2.24) is 14.8 Å². The number of likely N-dealkylation sites (N-methyl/N-ethyl adjacent to an activating group) is 1. The number of fused-ring (bicyclic) bond motifs is 1. The first-order valence-electron chi connectivity index (χ1n) is 22.2. The molecule has 68 heavy (non-hydrogen) atoms. The number of unbranched alkanes of at least 4 members (excludes halogenated alkanes) is 3. The van der Waals surface area contributed by atoms with Crippen LogP contribution < -0.4 is 34.9 Å². The van der Waals surface area contributed by atoms with Crippen molar-refractivity contribution < 1.29 is 47.7 Å². The first-order valence-corrected chi connectivity index (χ1v) is 26.2. The number of benzene rings is 5. The fourth-order valence-electron chi connectivity index (χ4n) is 7.98. The van der Waals surface area contributed by atoms with Gasteiger partial charge in [-0.15, -0.1) is 23.1 Å². The second-order valence-corrected chi connectivity index (χ2v) is 22.1. The molecular formula is C51H53N4O10PS2. The molecule has 1 aliphatic heterocycles. The fourth-order valence-corrected chi connectivity index (χ4v) is 15.0. The number of carbonyl (C=O) groups excluding carboxylic acids is 5. The Morgan fingerprint density at radius 3 is 1.84 bits per heavy atom. The van der Waals surface area contributed by atoms with Gasteiger partial charge < -0.3 is 14.2 Å². The summed E-state index contributed by atoms with van der Waals surface area (Å²) < 4.78 is 27.5. The first kappa shape index (κ1) is 49.3. The number of carbonyl (C=O) groups is 5. The molecule has 2 amide bonds. The SMILES string of the molecule is COC(=O)[C@H]1CSC(c2nc3ccc(OC(=O)N(CCCCCC[PH](c4ccccc4)(c4ccccc4)c4ccccc4)CCN(C)C(=O)Oc4ccc(OC(C)=O)c(OC(C)=O)c4)cc3s2)=N1. The molecule has 0 radical (unpaired) electrons. The van der Waals surface area contributed by atoms with Crippen LogP contribution in [0.2, 0.25) is 0 Å². The van der Waals surface area contributed by atoms with Gasteiger partial charge in [0.15, 0.2) is 17.5 Å². The summed E-state index contributed by atoms with van der Waals surface area (Å²) in [6.07, 6.45) is 3.17. The van der Waals surface area contributed by atoms with Gasteiger partial charge in [0.1, 0.15) is 15.8 Å². The number of ether oxygens (including phenoxy) is 5. The second kappa shape index (κ2) is 23.4. The molecule has 0 saturated carbocycles. The van der Waals surface area contributed by atoms with Gasteiger partial charge in [0.2, 0.25) is 0 Å². The minimum atomic E-state index is -2.39. The molecule has 0 unspecified atom stereocenters. The third-order valence-electron chi connectivity index (χ3n) is 11.3. The average molecular weight is 977 g/mol. The van der Waals surface area contributed by atoms with E-state index in [2.05, 4.69) is 96.0 Å². The van der Waals surface area contributed by atoms with Crippen LogP contribution in [0.4, 0.5) is 9.59 Å². The van der Waals surface area contributed by atoms with Gasteiger partial charge in [-0.05, 0) is 12.1 Å². The number of rotatable bonds is 19. The quantitative estimate of drug-likeness (QED) is 0.0330. The number of esters is 3. The van der Waals surface area contributed by atoms with E-state index in [0.717, 1.165) is 30.1 Å². The van der Waals surface area contributed by atoms with Gasteiger partial charge in [-0.2, -0.15) is 0 Å². The molecule has 2 heterocycles. The predicted molar refractivity (Wildman–Crippen MR) is 270 cm³/mol. The summed E-state index contributed by atoms with van der Waals surface area (Å²) in [6.45, 7) is 3.00. The van der Waals surface area contributed by atoms with Gasteiger partial charge in [-0.3, -0.25) is 14.6 Å². The monoisotopic (exact) mass is 976 g/mol. The Morgan fingerprint density at radius 1 is 0.647 bits per heavy atom. The number of aromatic nitrogens is 1. The number of thiazole rings is 1. The molecule has 1 aliphatic rings. The molecule has 0 spiro atoms. The van der Waals surface area contributed by atoms with Gasteiger partial charge in [0.05, 0.1) is 12.6 Å². The number of amides is 2. The number of aliphatic imine (C=N–C) groups is 1. The van der Waals surface area contributed by atoms with Gasteiger partial charge in [0.25, 0.3) is 0 Å². The maximum atomic E-state index is 14.0. The van der Waals surface area contributed by atoms with Crippen molar-refractivity contribution >= 4 is 91.6 Å². The summed E-state index contributed by atoms with van der Waals surface area (Å²) in [5.74, 6) is -0.912. The maximum absolute atomic E-state index is 14.0. The van der Waals surface area contributed by atoms with Crippen molar-refractivity contribution in [2.75, 3.05) is 45.7 Å². The van der Waals surface area contributed by atoms with Crippen LogP contribution in [0.3, 0.4) is 0 Å². The van der Waals surface area contributed by atoms with Crippen LogP contribution in [0, 0.1) is 0 Å². The van der Waals surface area contributed by atoms with Crippen LogP contribution in [0.5, 0.6) is 23.0 Å². The van der Waals surface area contributed by atoms with Crippen molar-refractivity contribution in [3.63, 3.8) is 0 Å². The standard InChI is InChI=1S/C51H53N4O10PS2/c1-35(56)62-44-27-25-37(32-45(44)63-36(2)57)64-50(59)54(3)29-30-55(51(60)65-38-24-26-42-46(33-38)68-48(52-42)47-53-43(34-67-47)49(58)61-4)28-16-5-6-17-31-66(39-18-10-7-11-19-39,40-20-12-8-13-21-40)41-22-14-9-15-23-41/h7-15,18-27,32-33,43,66H,5-6,16-17,28-31,34H2,1-4H3/t43-/m1/s1. The van der Waals surface area contributed by atoms with E-state index in [0.29, 0.717) is 40.0 Å². The van der Waals surface area contributed by atoms with Crippen LogP contribution in [0.25, 0.3) is 10.2 Å². The zero-order valence-corrected chi connectivity index (χ0v) is 40.9. The Morgan fingerprint density at radius 2 is 1.22 bits per heavy atom. The number of hydrogen-bond acceptors (Lipinski definition) is 14. The molecule has 0 N–H and O–H groups in total. The summed E-state index contributed by atoms with van der Waals surface area (Å²) in [4.78, 5) is 74.9. The molecule has 0 fully saturated rings. The predicted octanol–water partition coefficient (Wildman–Crippen LogP) is 8.40. The molecule has 17 heteroatoms. The molecule has 1 aromatic heterocycles. The molecule has 6 aromatic rings. The summed E-state index contributed by atoms with van der Waals surface area (Å²) in [6, 6.07) is 41.2. The zero-order chi connectivity index (χ0) is 48.0. The van der Waals surface area contributed by atoms with Crippen molar-refractivity contribution in [3.8, 4) is 23.0 Å². The van der Waals surface area contributed by atoms with Crippen LogP contribution in [0.15, 0.2) is 132 Å². The number of hydrogen-bond donors (Lipinski definition) is 0. The first-order chi connectivity index (χ1) is 32.9. The number of methoxy groups -OCH3 is 1. The van der Waals surface area contributed by atoms with Crippen LogP contribution in [-0.2, 0) is 19.1 Å². The van der Waals surface area contributed by atoms with Crippen LogP contribution in [0.1, 0.15) is 44.5 Å². The molecule has 7 rings (SSSR count). The topological polar surface area (TPSA) is 163 Å². The molecule has 0 saturated heterocycles. The molecule has 0 aliphatic carbocycles. The second-order valence-electron chi connectivity index (χ2n) is 16.0. The van der Waals surface area contributed by atoms with E-state index < -0.39 is 43.4 Å². The summed E-state index contributed by atoms with van der Waals surface area (Å²) in [7, 11) is 0.494. The molecular weight excluding hydrogens is 924 g/mol. The minimum absolute atomic E-state index is 0.00841. The number of thioether (sulfide) groups is 1. The van der Waals surface area contributed by atoms with Crippen LogP contribution in [-0.4, -0.2) is 102 Å². The van der Waals surface area contributed by atoms with Gasteiger partial charge in [-0.1, -0.05) is 0 Å². The number of nitrogens with zero attached hydrogens (tertiary/aromatic N) is 4. The van der Waals surface area contributed by atoms with E-state index in [-0.39, 0.29) is 30.3 Å². The van der Waals surface area contributed by atoms with Crippen molar-refractivity contribution in [1.29, 1.82) is 0 Å². The third kappa shape index (κ3) is 12.5. The summed E-state index contributed by atoms with van der Waals surface area (Å²) in [5.41, 5.74) is 0.700. The van der Waals surface area contributed by atoms with Crippen molar-refractivity contribution in [2.45, 2.75) is 45.6 Å². The van der Waals surface area contributed by atoms with Gasteiger partial charge >= 0.3 is 260 Å². The minimum Gasteiger partial charge on any atom is -0.259 e. The third-order valence-corrected chi connectivity index (χ3v) is 18.6. The zero-order valence-electron chi connectivity index (χ0n) is 38.3. The molecule has 354 valence electrons. The average Bonchev–Trinajstić information content (AvgIpc) is 4.01. The molecule has 5 aromatic carbocycles. The Hall–Kier alpha value is -6.61.